The summed E-state index contributed by atoms with van der Waals surface area (Å²) in [5.41, 5.74) is 1.98. The summed E-state index contributed by atoms with van der Waals surface area (Å²) in [6.45, 7) is 1.36. The maximum Gasteiger partial charge on any atom is 0.338 e. The van der Waals surface area contributed by atoms with E-state index in [1.165, 1.54) is 6.07 Å². The van der Waals surface area contributed by atoms with Crippen molar-refractivity contribution in [1.82, 2.24) is 0 Å². The van der Waals surface area contributed by atoms with Crippen LogP contribution in [0.2, 0.25) is 0 Å². The van der Waals surface area contributed by atoms with Crippen LogP contribution in [0, 0.1) is 10.5 Å². The predicted octanol–water partition coefficient (Wildman–Crippen LogP) is 3.27. The van der Waals surface area contributed by atoms with Crippen molar-refractivity contribution in [3.8, 4) is 0 Å². The van der Waals surface area contributed by atoms with E-state index >= 15 is 0 Å². The molecule has 0 bridgehead atoms. The number of hydrogen-bond acceptors (Lipinski definition) is 4. The third kappa shape index (κ3) is 4.89. The maximum absolute atomic E-state index is 12.3. The van der Waals surface area contributed by atoms with E-state index in [1.807, 2.05) is 6.07 Å². The van der Waals surface area contributed by atoms with E-state index < -0.39 is 11.9 Å². The number of halogens is 1. The predicted molar refractivity (Wildman–Crippen MR) is 96.3 cm³/mol. The molecule has 0 aliphatic carbocycles. The van der Waals surface area contributed by atoms with E-state index in [0.717, 1.165) is 3.57 Å². The normalized spacial score (nSPS) is 10.2. The van der Waals surface area contributed by atoms with Crippen LogP contribution in [0.1, 0.15) is 31.8 Å². The molecule has 0 aromatic heterocycles. The summed E-state index contributed by atoms with van der Waals surface area (Å²) >= 11 is 2.08. The molecule has 2 aromatic carbocycles. The third-order valence-electron chi connectivity index (χ3n) is 3.35. The number of hydrogen-bond donors (Lipinski definition) is 1. The highest BCUT2D eigenvalue weighted by Gasteiger charge is 2.15. The summed E-state index contributed by atoms with van der Waals surface area (Å²) in [5.74, 6) is -1.90. The monoisotopic (exact) mass is 438 g/mol. The van der Waals surface area contributed by atoms with Crippen molar-refractivity contribution in [3.63, 3.8) is 0 Å². The van der Waals surface area contributed by atoms with E-state index in [2.05, 4.69) is 22.6 Å². The van der Waals surface area contributed by atoms with Crippen LogP contribution in [-0.2, 0) is 16.0 Å². The molecule has 5 nitrogen and oxygen atoms in total. The van der Waals surface area contributed by atoms with Crippen molar-refractivity contribution >= 4 is 40.3 Å². The lowest BCUT2D eigenvalue weighted by Crippen LogP contribution is -2.15. The molecule has 2 aromatic rings. The van der Waals surface area contributed by atoms with Crippen LogP contribution in [0.15, 0.2) is 42.5 Å². The van der Waals surface area contributed by atoms with Crippen molar-refractivity contribution in [2.24, 2.45) is 0 Å². The molecule has 0 heterocycles. The van der Waals surface area contributed by atoms with E-state index in [1.54, 1.807) is 37.3 Å². The number of ether oxygens (including phenoxy) is 1. The lowest BCUT2D eigenvalue weighted by Gasteiger charge is -2.08. The number of benzene rings is 2. The Morgan fingerprint density at radius 1 is 1.12 bits per heavy atom. The Labute approximate surface area is 152 Å². The SMILES string of the molecule is Cc1ccc(CC(=O)O)cc1C(=O)COC(=O)c1cccc(I)c1. The molecule has 0 radical (unpaired) electrons. The Morgan fingerprint density at radius 3 is 2.54 bits per heavy atom. The fourth-order valence-corrected chi connectivity index (χ4v) is 2.70. The van der Waals surface area contributed by atoms with Gasteiger partial charge in [0.25, 0.3) is 0 Å². The van der Waals surface area contributed by atoms with Gasteiger partial charge >= 0.3 is 11.9 Å². The number of ketones is 1. The Balaban J connectivity index is 2.07. The van der Waals surface area contributed by atoms with E-state index in [9.17, 15) is 14.4 Å². The molecule has 0 unspecified atom stereocenters. The first kappa shape index (κ1) is 18.1. The number of carbonyl (C=O) groups is 3. The van der Waals surface area contributed by atoms with Crippen molar-refractivity contribution in [2.75, 3.05) is 6.61 Å². The van der Waals surface area contributed by atoms with Gasteiger partial charge in [-0.1, -0.05) is 18.2 Å². The first-order valence-electron chi connectivity index (χ1n) is 7.14. The van der Waals surface area contributed by atoms with Gasteiger partial charge in [0.2, 0.25) is 5.78 Å². The van der Waals surface area contributed by atoms with E-state index in [0.29, 0.717) is 22.3 Å². The first-order valence-corrected chi connectivity index (χ1v) is 8.22. The molecule has 0 fully saturated rings. The highest BCUT2D eigenvalue weighted by Crippen LogP contribution is 2.14. The standard InChI is InChI=1S/C18H15IO5/c1-11-5-6-12(8-17(21)22)7-15(11)16(20)10-24-18(23)13-3-2-4-14(19)9-13/h2-7,9H,8,10H2,1H3,(H,21,22). The van der Waals surface area contributed by atoms with Gasteiger partial charge in [-0.15, -0.1) is 0 Å². The number of rotatable bonds is 6. The quantitative estimate of drug-likeness (QED) is 0.426. The van der Waals surface area contributed by atoms with Crippen molar-refractivity contribution in [3.05, 3.63) is 68.3 Å². The first-order chi connectivity index (χ1) is 11.4. The number of carboxylic acid groups (broad SMARTS) is 1. The van der Waals surface area contributed by atoms with Crippen LogP contribution in [0.3, 0.4) is 0 Å². The van der Waals surface area contributed by atoms with Gasteiger partial charge in [-0.2, -0.15) is 0 Å². The molecule has 0 amide bonds. The summed E-state index contributed by atoms with van der Waals surface area (Å²) in [7, 11) is 0. The van der Waals surface area contributed by atoms with Gasteiger partial charge in [-0.25, -0.2) is 4.79 Å². The third-order valence-corrected chi connectivity index (χ3v) is 4.02. The fourth-order valence-electron chi connectivity index (χ4n) is 2.16. The lowest BCUT2D eigenvalue weighted by molar-refractivity contribution is -0.136. The number of aryl methyl sites for hydroxylation is 1. The maximum atomic E-state index is 12.3. The molecular weight excluding hydrogens is 423 g/mol. The van der Waals surface area contributed by atoms with E-state index in [-0.39, 0.29) is 18.8 Å². The zero-order chi connectivity index (χ0) is 17.7. The van der Waals surface area contributed by atoms with Gasteiger partial charge in [0, 0.05) is 9.13 Å². The molecule has 0 saturated heterocycles. The smallest absolute Gasteiger partial charge is 0.338 e. The number of carbonyl (C=O) groups excluding carboxylic acids is 2. The Hall–Kier alpha value is -2.22. The van der Waals surface area contributed by atoms with Crippen molar-refractivity contribution < 1.29 is 24.2 Å². The largest absolute Gasteiger partial charge is 0.481 e. The Bertz CT molecular complexity index is 798. The van der Waals surface area contributed by atoms with Gasteiger partial charge in [0.05, 0.1) is 12.0 Å². The van der Waals surface area contributed by atoms with Crippen LogP contribution < -0.4 is 0 Å². The van der Waals surface area contributed by atoms with Crippen molar-refractivity contribution in [2.45, 2.75) is 13.3 Å². The summed E-state index contributed by atoms with van der Waals surface area (Å²) in [4.78, 5) is 35.0. The summed E-state index contributed by atoms with van der Waals surface area (Å²) in [6.07, 6.45) is -0.164. The van der Waals surface area contributed by atoms with Gasteiger partial charge < -0.3 is 9.84 Å². The molecule has 0 aliphatic heterocycles. The second-order valence-electron chi connectivity index (χ2n) is 5.23. The van der Waals surface area contributed by atoms with Gasteiger partial charge in [0.1, 0.15) is 0 Å². The Kier molecular flexibility index (Phi) is 6.08. The molecule has 124 valence electrons. The molecule has 1 N–H and O–H groups in total. The molecule has 6 heteroatoms. The van der Waals surface area contributed by atoms with Crippen LogP contribution in [0.5, 0.6) is 0 Å². The minimum Gasteiger partial charge on any atom is -0.481 e. The number of aliphatic carboxylic acids is 1. The second-order valence-corrected chi connectivity index (χ2v) is 6.48. The average molecular weight is 438 g/mol. The van der Waals surface area contributed by atoms with Crippen LogP contribution >= 0.6 is 22.6 Å². The Morgan fingerprint density at radius 2 is 1.88 bits per heavy atom. The minimum absolute atomic E-state index is 0.164. The average Bonchev–Trinajstić information content (AvgIpc) is 2.53. The summed E-state index contributed by atoms with van der Waals surface area (Å²) < 4.78 is 5.96. The van der Waals surface area contributed by atoms with Crippen LogP contribution in [0.25, 0.3) is 0 Å². The molecule has 0 aliphatic rings. The van der Waals surface area contributed by atoms with Gasteiger partial charge in [-0.05, 0) is 64.9 Å². The molecule has 0 atom stereocenters. The van der Waals surface area contributed by atoms with Crippen LogP contribution in [0.4, 0.5) is 0 Å². The highest BCUT2D eigenvalue weighted by molar-refractivity contribution is 14.1. The van der Waals surface area contributed by atoms with Crippen molar-refractivity contribution in [1.29, 1.82) is 0 Å². The van der Waals surface area contributed by atoms with Gasteiger partial charge in [-0.3, -0.25) is 9.59 Å². The summed E-state index contributed by atoms with van der Waals surface area (Å²) in [5, 5.41) is 8.84. The molecule has 0 spiro atoms. The van der Waals surface area contributed by atoms with Gasteiger partial charge in [0.15, 0.2) is 6.61 Å². The fraction of sp³-hybridized carbons (Fsp3) is 0.167. The minimum atomic E-state index is -0.970. The zero-order valence-corrected chi connectivity index (χ0v) is 15.1. The summed E-state index contributed by atoms with van der Waals surface area (Å²) in [6, 6.07) is 11.8. The zero-order valence-electron chi connectivity index (χ0n) is 12.9. The van der Waals surface area contributed by atoms with E-state index in [4.69, 9.17) is 9.84 Å². The van der Waals surface area contributed by atoms with Crippen LogP contribution in [-0.4, -0.2) is 29.4 Å². The molecule has 2 rings (SSSR count). The molecule has 24 heavy (non-hydrogen) atoms. The topological polar surface area (TPSA) is 80.7 Å². The molecule has 0 saturated carbocycles. The number of Topliss-reactive ketones (excluding diaryl/α,β-unsaturated/α-hetero) is 1. The lowest BCUT2D eigenvalue weighted by atomic mass is 10.0. The molecular formula is C18H15IO5. The second kappa shape index (κ2) is 8.05. The number of esters is 1. The highest BCUT2D eigenvalue weighted by atomic mass is 127. The number of carboxylic acids is 1.